The van der Waals surface area contributed by atoms with Crippen molar-refractivity contribution in [2.45, 2.75) is 13.8 Å². The topological polar surface area (TPSA) is 56.5 Å². The molecule has 0 unspecified atom stereocenters. The molecule has 1 aromatic heterocycles. The molecule has 0 saturated heterocycles. The minimum Gasteiger partial charge on any atom is -0.395 e. The van der Waals surface area contributed by atoms with Gasteiger partial charge in [-0.2, -0.15) is 0 Å². The second kappa shape index (κ2) is 5.16. The van der Waals surface area contributed by atoms with Crippen LogP contribution < -0.4 is 0 Å². The molecule has 1 aromatic carbocycles. The molecule has 0 atom stereocenters. The summed E-state index contributed by atoms with van der Waals surface area (Å²) in [5.41, 5.74) is 3.19. The van der Waals surface area contributed by atoms with Crippen molar-refractivity contribution in [1.82, 2.24) is 9.55 Å². The SMILES string of the molecule is CC(C)CO/N=C1\c2ccccc2C(=O)c2c1ncn2C. The summed E-state index contributed by atoms with van der Waals surface area (Å²) >= 11 is 0. The number of aromatic nitrogens is 2. The molecule has 0 aliphatic heterocycles. The Morgan fingerprint density at radius 3 is 2.71 bits per heavy atom. The van der Waals surface area contributed by atoms with Crippen LogP contribution >= 0.6 is 0 Å². The van der Waals surface area contributed by atoms with E-state index < -0.39 is 0 Å². The second-order valence-corrected chi connectivity index (χ2v) is 5.56. The van der Waals surface area contributed by atoms with Crippen LogP contribution in [-0.4, -0.2) is 27.7 Å². The van der Waals surface area contributed by atoms with Crippen molar-refractivity contribution in [1.29, 1.82) is 0 Å². The molecule has 108 valence electrons. The van der Waals surface area contributed by atoms with E-state index in [-0.39, 0.29) is 5.78 Å². The lowest BCUT2D eigenvalue weighted by molar-refractivity contribution is 0.102. The van der Waals surface area contributed by atoms with Crippen molar-refractivity contribution in [3.05, 3.63) is 53.1 Å². The van der Waals surface area contributed by atoms with E-state index in [4.69, 9.17) is 4.84 Å². The van der Waals surface area contributed by atoms with Gasteiger partial charge in [0.25, 0.3) is 0 Å². The number of benzene rings is 1. The summed E-state index contributed by atoms with van der Waals surface area (Å²) in [4.78, 5) is 22.3. The lowest BCUT2D eigenvalue weighted by Crippen LogP contribution is -2.23. The highest BCUT2D eigenvalue weighted by Gasteiger charge is 2.32. The van der Waals surface area contributed by atoms with Gasteiger partial charge in [-0.3, -0.25) is 4.79 Å². The molecule has 21 heavy (non-hydrogen) atoms. The highest BCUT2D eigenvalue weighted by Crippen LogP contribution is 2.26. The first-order chi connectivity index (χ1) is 10.1. The van der Waals surface area contributed by atoms with Crippen LogP contribution in [0.4, 0.5) is 0 Å². The number of aryl methyl sites for hydroxylation is 1. The highest BCUT2D eigenvalue weighted by atomic mass is 16.6. The van der Waals surface area contributed by atoms with Crippen molar-refractivity contribution in [3.63, 3.8) is 0 Å². The van der Waals surface area contributed by atoms with Crippen molar-refractivity contribution in [2.24, 2.45) is 18.1 Å². The van der Waals surface area contributed by atoms with E-state index in [0.717, 1.165) is 5.56 Å². The number of hydrogen-bond acceptors (Lipinski definition) is 4. The largest absolute Gasteiger partial charge is 0.395 e. The Balaban J connectivity index is 2.12. The van der Waals surface area contributed by atoms with Crippen molar-refractivity contribution < 1.29 is 9.63 Å². The summed E-state index contributed by atoms with van der Waals surface area (Å²) in [5.74, 6) is 0.362. The summed E-state index contributed by atoms with van der Waals surface area (Å²) in [6.45, 7) is 4.65. The van der Waals surface area contributed by atoms with Gasteiger partial charge >= 0.3 is 0 Å². The Hall–Kier alpha value is -2.43. The molecule has 0 bridgehead atoms. The first kappa shape index (κ1) is 13.5. The van der Waals surface area contributed by atoms with Gasteiger partial charge in [0.2, 0.25) is 5.78 Å². The van der Waals surface area contributed by atoms with Gasteiger partial charge in [-0.1, -0.05) is 43.3 Å². The molecule has 1 aliphatic carbocycles. The van der Waals surface area contributed by atoms with Crippen molar-refractivity contribution in [3.8, 4) is 0 Å². The molecule has 2 aromatic rings. The fourth-order valence-corrected chi connectivity index (χ4v) is 2.36. The number of fused-ring (bicyclic) bond motifs is 2. The Kier molecular flexibility index (Phi) is 3.33. The third-order valence-electron chi connectivity index (χ3n) is 3.37. The quantitative estimate of drug-likeness (QED) is 0.693. The zero-order valence-corrected chi connectivity index (χ0v) is 12.3. The van der Waals surface area contributed by atoms with E-state index in [9.17, 15) is 4.79 Å². The zero-order chi connectivity index (χ0) is 15.0. The molecule has 5 heteroatoms. The molecule has 3 rings (SSSR count). The van der Waals surface area contributed by atoms with Crippen LogP contribution in [0.1, 0.15) is 41.2 Å². The van der Waals surface area contributed by atoms with E-state index in [1.807, 2.05) is 31.3 Å². The van der Waals surface area contributed by atoms with Crippen LogP contribution in [0.15, 0.2) is 35.7 Å². The Labute approximate surface area is 123 Å². The minimum atomic E-state index is -0.0246. The van der Waals surface area contributed by atoms with E-state index in [0.29, 0.717) is 35.2 Å². The molecule has 0 spiro atoms. The van der Waals surface area contributed by atoms with Gasteiger partial charge < -0.3 is 9.40 Å². The van der Waals surface area contributed by atoms with Gasteiger partial charge in [-0.15, -0.1) is 0 Å². The fourth-order valence-electron chi connectivity index (χ4n) is 2.36. The monoisotopic (exact) mass is 283 g/mol. The predicted molar refractivity (Wildman–Crippen MR) is 79.5 cm³/mol. The zero-order valence-electron chi connectivity index (χ0n) is 12.3. The van der Waals surface area contributed by atoms with Crippen molar-refractivity contribution >= 4 is 11.5 Å². The highest BCUT2D eigenvalue weighted by molar-refractivity contribution is 6.28. The summed E-state index contributed by atoms with van der Waals surface area (Å²) in [5, 5.41) is 4.24. The van der Waals surface area contributed by atoms with Gasteiger partial charge in [-0.05, 0) is 5.92 Å². The van der Waals surface area contributed by atoms with E-state index >= 15 is 0 Å². The molecule has 5 nitrogen and oxygen atoms in total. The van der Waals surface area contributed by atoms with Crippen LogP contribution in [-0.2, 0) is 11.9 Å². The predicted octanol–water partition coefficient (Wildman–Crippen LogP) is 2.39. The third kappa shape index (κ3) is 2.24. The summed E-state index contributed by atoms with van der Waals surface area (Å²) in [6.07, 6.45) is 1.63. The smallest absolute Gasteiger partial charge is 0.212 e. The summed E-state index contributed by atoms with van der Waals surface area (Å²) in [7, 11) is 1.81. The first-order valence-corrected chi connectivity index (χ1v) is 6.95. The average molecular weight is 283 g/mol. The van der Waals surface area contributed by atoms with Crippen LogP contribution in [0.2, 0.25) is 0 Å². The van der Waals surface area contributed by atoms with E-state index in [1.54, 1.807) is 10.9 Å². The number of carbonyl (C=O) groups excluding carboxylic acids is 1. The normalized spacial score (nSPS) is 15.2. The number of imidazole rings is 1. The van der Waals surface area contributed by atoms with Gasteiger partial charge in [0.1, 0.15) is 23.7 Å². The maximum Gasteiger partial charge on any atom is 0.212 e. The van der Waals surface area contributed by atoms with Crippen LogP contribution in [0, 0.1) is 5.92 Å². The Morgan fingerprint density at radius 1 is 1.29 bits per heavy atom. The molecule has 0 amide bonds. The van der Waals surface area contributed by atoms with Gasteiger partial charge in [0.15, 0.2) is 0 Å². The Bertz CT molecular complexity index is 729. The molecule has 1 heterocycles. The number of ketones is 1. The van der Waals surface area contributed by atoms with Crippen LogP contribution in [0.25, 0.3) is 0 Å². The van der Waals surface area contributed by atoms with Gasteiger partial charge in [0.05, 0.1) is 6.33 Å². The summed E-state index contributed by atoms with van der Waals surface area (Å²) < 4.78 is 1.73. The molecular formula is C16H17N3O2. The van der Waals surface area contributed by atoms with Gasteiger partial charge in [-0.25, -0.2) is 4.98 Å². The Morgan fingerprint density at radius 2 is 2.00 bits per heavy atom. The molecular weight excluding hydrogens is 266 g/mol. The van der Waals surface area contributed by atoms with E-state index in [2.05, 4.69) is 24.0 Å². The maximum absolute atomic E-state index is 12.6. The first-order valence-electron chi connectivity index (χ1n) is 6.95. The molecule has 1 aliphatic rings. The molecule has 0 radical (unpaired) electrons. The lowest BCUT2D eigenvalue weighted by atomic mass is 9.89. The maximum atomic E-state index is 12.6. The summed E-state index contributed by atoms with van der Waals surface area (Å²) in [6, 6.07) is 7.43. The minimum absolute atomic E-state index is 0.0246. The van der Waals surface area contributed by atoms with Crippen LogP contribution in [0.5, 0.6) is 0 Å². The second-order valence-electron chi connectivity index (χ2n) is 5.56. The number of carbonyl (C=O) groups is 1. The number of oxime groups is 1. The van der Waals surface area contributed by atoms with Crippen LogP contribution in [0.3, 0.4) is 0 Å². The van der Waals surface area contributed by atoms with Gasteiger partial charge in [0, 0.05) is 18.2 Å². The van der Waals surface area contributed by atoms with Crippen molar-refractivity contribution in [2.75, 3.05) is 6.61 Å². The third-order valence-corrected chi connectivity index (χ3v) is 3.37. The molecule has 0 saturated carbocycles. The average Bonchev–Trinajstić information content (AvgIpc) is 2.84. The number of rotatable bonds is 3. The standard InChI is InChI=1S/C16H17N3O2/c1-10(2)8-21-18-13-11-6-4-5-7-12(11)16(20)15-14(13)17-9-19(15)3/h4-7,9-10H,8H2,1-3H3/b18-13+. The molecule has 0 N–H and O–H groups in total. The van der Waals surface area contributed by atoms with E-state index in [1.165, 1.54) is 0 Å². The lowest BCUT2D eigenvalue weighted by Gasteiger charge is -2.17. The molecule has 0 fully saturated rings. The fraction of sp³-hybridized carbons (Fsp3) is 0.312. The number of nitrogens with zero attached hydrogens (tertiary/aromatic N) is 3. The number of hydrogen-bond donors (Lipinski definition) is 0.